The zero-order chi connectivity index (χ0) is 19.6. The molecule has 0 spiro atoms. The van der Waals surface area contributed by atoms with Gasteiger partial charge in [0.15, 0.2) is 5.16 Å². The smallest absolute Gasteiger partial charge is 0.282 e. The fourth-order valence-electron chi connectivity index (χ4n) is 2.56. The standard InChI is InChI=1S/C19H22N4O2S2/c1-11(2)9-21-16(24)12(3)27-19-22-17-15(18(25)23(19)20)14(10-26-17)13-7-5-4-6-8-13/h4-8,10-12H,9,20H2,1-3H3,(H,21,24)/t12-/m0/s1. The number of benzene rings is 1. The van der Waals surface area contributed by atoms with Crippen LogP contribution in [0.2, 0.25) is 0 Å². The van der Waals surface area contributed by atoms with Crippen molar-refractivity contribution in [1.29, 1.82) is 0 Å². The number of nitrogens with one attached hydrogen (secondary N) is 1. The number of hydrogen-bond donors (Lipinski definition) is 2. The Morgan fingerprint density at radius 1 is 1.30 bits per heavy atom. The first-order valence-corrected chi connectivity index (χ1v) is 10.4. The van der Waals surface area contributed by atoms with E-state index in [1.165, 1.54) is 23.1 Å². The summed E-state index contributed by atoms with van der Waals surface area (Å²) in [5, 5.41) is 5.24. The number of thioether (sulfide) groups is 1. The van der Waals surface area contributed by atoms with Crippen molar-refractivity contribution in [2.75, 3.05) is 12.4 Å². The lowest BCUT2D eigenvalue weighted by Gasteiger charge is -2.14. The number of fused-ring (bicyclic) bond motifs is 1. The number of nitrogens with two attached hydrogens (primary N) is 1. The molecule has 3 N–H and O–H groups in total. The van der Waals surface area contributed by atoms with E-state index in [0.29, 0.717) is 27.8 Å². The molecule has 2 heterocycles. The van der Waals surface area contributed by atoms with Gasteiger partial charge < -0.3 is 11.2 Å². The van der Waals surface area contributed by atoms with Crippen molar-refractivity contribution < 1.29 is 4.79 Å². The van der Waals surface area contributed by atoms with Crippen LogP contribution >= 0.6 is 23.1 Å². The van der Waals surface area contributed by atoms with Crippen LogP contribution in [-0.2, 0) is 4.79 Å². The topological polar surface area (TPSA) is 90.0 Å². The molecule has 0 aliphatic rings. The maximum atomic E-state index is 12.9. The Balaban J connectivity index is 1.92. The second-order valence-electron chi connectivity index (χ2n) is 6.66. The Bertz CT molecular complexity index is 1010. The van der Waals surface area contributed by atoms with E-state index in [9.17, 15) is 9.59 Å². The lowest BCUT2D eigenvalue weighted by atomic mass is 10.1. The van der Waals surface area contributed by atoms with Gasteiger partial charge in [-0.3, -0.25) is 9.59 Å². The van der Waals surface area contributed by atoms with Crippen molar-refractivity contribution in [3.05, 3.63) is 46.1 Å². The molecule has 0 unspecified atom stereocenters. The van der Waals surface area contributed by atoms with E-state index < -0.39 is 5.25 Å². The van der Waals surface area contributed by atoms with Gasteiger partial charge in [0.2, 0.25) is 5.91 Å². The molecule has 27 heavy (non-hydrogen) atoms. The molecule has 2 aromatic heterocycles. The average molecular weight is 403 g/mol. The zero-order valence-electron chi connectivity index (χ0n) is 15.4. The highest BCUT2D eigenvalue weighted by Crippen LogP contribution is 2.32. The number of hydrogen-bond acceptors (Lipinski definition) is 6. The minimum Gasteiger partial charge on any atom is -0.355 e. The number of carbonyl (C=O) groups excluding carboxylic acids is 1. The van der Waals surface area contributed by atoms with E-state index in [-0.39, 0.29) is 11.5 Å². The zero-order valence-corrected chi connectivity index (χ0v) is 17.1. The Labute approximate surface area is 165 Å². The van der Waals surface area contributed by atoms with Gasteiger partial charge in [-0.05, 0) is 18.4 Å². The van der Waals surface area contributed by atoms with E-state index in [0.717, 1.165) is 15.8 Å². The SMILES string of the molecule is CC(C)CNC(=O)[C@H](C)Sc1nc2scc(-c3ccccc3)c2c(=O)n1N. The number of carbonyl (C=O) groups is 1. The van der Waals surface area contributed by atoms with E-state index in [2.05, 4.69) is 10.3 Å². The van der Waals surface area contributed by atoms with Crippen molar-refractivity contribution in [2.45, 2.75) is 31.2 Å². The monoisotopic (exact) mass is 402 g/mol. The minimum absolute atomic E-state index is 0.0980. The van der Waals surface area contributed by atoms with E-state index in [1.54, 1.807) is 6.92 Å². The summed E-state index contributed by atoms with van der Waals surface area (Å²) in [4.78, 5) is 30.2. The van der Waals surface area contributed by atoms with Crippen molar-refractivity contribution in [3.8, 4) is 11.1 Å². The molecule has 142 valence electrons. The highest BCUT2D eigenvalue weighted by atomic mass is 32.2. The Morgan fingerprint density at radius 3 is 2.67 bits per heavy atom. The molecule has 0 aliphatic carbocycles. The molecule has 0 saturated heterocycles. The average Bonchev–Trinajstić information content (AvgIpc) is 3.08. The van der Waals surface area contributed by atoms with Gasteiger partial charge in [-0.2, -0.15) is 0 Å². The largest absolute Gasteiger partial charge is 0.355 e. The quantitative estimate of drug-likeness (QED) is 0.376. The first-order valence-electron chi connectivity index (χ1n) is 8.67. The summed E-state index contributed by atoms with van der Waals surface area (Å²) >= 11 is 2.59. The summed E-state index contributed by atoms with van der Waals surface area (Å²) in [6, 6.07) is 9.68. The molecule has 3 rings (SSSR count). The summed E-state index contributed by atoms with van der Waals surface area (Å²) in [5.74, 6) is 6.29. The number of aromatic nitrogens is 2. The predicted molar refractivity (Wildman–Crippen MR) is 113 cm³/mol. The van der Waals surface area contributed by atoms with Crippen LogP contribution in [0.15, 0.2) is 45.7 Å². The maximum Gasteiger partial charge on any atom is 0.282 e. The maximum absolute atomic E-state index is 12.9. The van der Waals surface area contributed by atoms with Gasteiger partial charge in [-0.1, -0.05) is 55.9 Å². The van der Waals surface area contributed by atoms with Crippen LogP contribution < -0.4 is 16.7 Å². The van der Waals surface area contributed by atoms with Crippen LogP contribution in [0.4, 0.5) is 0 Å². The second kappa shape index (κ2) is 8.14. The summed E-state index contributed by atoms with van der Waals surface area (Å²) in [6.45, 7) is 6.45. The van der Waals surface area contributed by atoms with Gasteiger partial charge in [0, 0.05) is 17.5 Å². The number of nitrogen functional groups attached to an aromatic ring is 1. The number of nitrogens with zero attached hydrogens (tertiary/aromatic N) is 2. The van der Waals surface area contributed by atoms with E-state index >= 15 is 0 Å². The van der Waals surface area contributed by atoms with Gasteiger partial charge in [-0.25, -0.2) is 9.66 Å². The highest BCUT2D eigenvalue weighted by molar-refractivity contribution is 8.00. The molecule has 0 bridgehead atoms. The molecule has 8 heteroatoms. The molecular formula is C19H22N4O2S2. The molecule has 0 fully saturated rings. The first-order chi connectivity index (χ1) is 12.9. The van der Waals surface area contributed by atoms with Crippen LogP contribution in [0.25, 0.3) is 21.3 Å². The highest BCUT2D eigenvalue weighted by Gasteiger charge is 2.20. The number of amides is 1. The molecule has 1 amide bonds. The fourth-order valence-corrected chi connectivity index (χ4v) is 4.40. The summed E-state index contributed by atoms with van der Waals surface area (Å²) in [6.07, 6.45) is 0. The summed E-state index contributed by atoms with van der Waals surface area (Å²) < 4.78 is 1.04. The molecule has 6 nitrogen and oxygen atoms in total. The lowest BCUT2D eigenvalue weighted by Crippen LogP contribution is -2.35. The normalized spacial score (nSPS) is 12.4. The summed E-state index contributed by atoms with van der Waals surface area (Å²) in [7, 11) is 0. The molecule has 1 atom stereocenters. The summed E-state index contributed by atoms with van der Waals surface area (Å²) in [5.41, 5.74) is 1.47. The van der Waals surface area contributed by atoms with E-state index in [1.807, 2.05) is 49.6 Å². The van der Waals surface area contributed by atoms with Crippen molar-refractivity contribution in [1.82, 2.24) is 15.0 Å². The molecule has 1 aromatic carbocycles. The fraction of sp³-hybridized carbons (Fsp3) is 0.316. The molecular weight excluding hydrogens is 380 g/mol. The van der Waals surface area contributed by atoms with Crippen molar-refractivity contribution in [3.63, 3.8) is 0 Å². The van der Waals surface area contributed by atoms with Gasteiger partial charge in [0.25, 0.3) is 5.56 Å². The van der Waals surface area contributed by atoms with Crippen LogP contribution in [-0.4, -0.2) is 27.4 Å². The predicted octanol–water partition coefficient (Wildman–Crippen LogP) is 3.09. The third-order valence-corrected chi connectivity index (χ3v) is 5.97. The van der Waals surface area contributed by atoms with Crippen LogP contribution in [0.5, 0.6) is 0 Å². The van der Waals surface area contributed by atoms with Crippen LogP contribution in [0.3, 0.4) is 0 Å². The van der Waals surface area contributed by atoms with Gasteiger partial charge in [0.05, 0.1) is 10.6 Å². The Hall–Kier alpha value is -2.32. The minimum atomic E-state index is -0.406. The third kappa shape index (κ3) is 4.17. The molecule has 0 saturated carbocycles. The molecule has 0 radical (unpaired) electrons. The Morgan fingerprint density at radius 2 is 2.00 bits per heavy atom. The first kappa shape index (κ1) is 19.4. The van der Waals surface area contributed by atoms with Gasteiger partial charge in [-0.15, -0.1) is 11.3 Å². The third-order valence-electron chi connectivity index (χ3n) is 4.03. The lowest BCUT2D eigenvalue weighted by molar-refractivity contribution is -0.120. The number of thiophene rings is 1. The van der Waals surface area contributed by atoms with Crippen molar-refractivity contribution in [2.24, 2.45) is 5.92 Å². The molecule has 0 aliphatic heterocycles. The van der Waals surface area contributed by atoms with Crippen LogP contribution in [0.1, 0.15) is 20.8 Å². The molecule has 3 aromatic rings. The van der Waals surface area contributed by atoms with Crippen LogP contribution in [0, 0.1) is 5.92 Å². The van der Waals surface area contributed by atoms with Crippen molar-refractivity contribution >= 4 is 39.2 Å². The second-order valence-corrected chi connectivity index (χ2v) is 8.83. The Kier molecular flexibility index (Phi) is 5.86. The van der Waals surface area contributed by atoms with Gasteiger partial charge in [0.1, 0.15) is 4.83 Å². The van der Waals surface area contributed by atoms with Gasteiger partial charge >= 0.3 is 0 Å². The van der Waals surface area contributed by atoms with E-state index in [4.69, 9.17) is 5.84 Å². The number of rotatable bonds is 6.